The summed E-state index contributed by atoms with van der Waals surface area (Å²) in [6.45, 7) is 1.96. The van der Waals surface area contributed by atoms with Gasteiger partial charge in [-0.3, -0.25) is 4.57 Å². The maximum atomic E-state index is 11.0. The topological polar surface area (TPSA) is 105 Å². The van der Waals surface area contributed by atoms with Crippen LogP contribution in [0.25, 0.3) is 0 Å². The molecule has 130 valence electrons. The van der Waals surface area contributed by atoms with Gasteiger partial charge in [-0.05, 0) is 38.0 Å². The summed E-state index contributed by atoms with van der Waals surface area (Å²) in [7, 11) is -2.73. The van der Waals surface area contributed by atoms with Gasteiger partial charge >= 0.3 is 14.3 Å². The van der Waals surface area contributed by atoms with Gasteiger partial charge in [0.1, 0.15) is 0 Å². The second kappa shape index (κ2) is 7.97. The second-order valence-electron chi connectivity index (χ2n) is 5.70. The minimum absolute atomic E-state index is 0.0930. The van der Waals surface area contributed by atoms with Gasteiger partial charge in [0.15, 0.2) is 0 Å². The van der Waals surface area contributed by atoms with E-state index in [1.165, 1.54) is 13.2 Å². The Hall–Kier alpha value is 0.380. The molecular formula is C12H24O7P2S. The zero-order valence-corrected chi connectivity index (χ0v) is 15.6. The molecule has 0 saturated heterocycles. The third-order valence-corrected chi connectivity index (χ3v) is 5.62. The van der Waals surface area contributed by atoms with Gasteiger partial charge < -0.3 is 28.5 Å². The molecule has 5 atom stereocenters. The Morgan fingerprint density at radius 2 is 1.86 bits per heavy atom. The van der Waals surface area contributed by atoms with Gasteiger partial charge in [0.25, 0.3) is 0 Å². The van der Waals surface area contributed by atoms with Crippen molar-refractivity contribution in [2.24, 2.45) is 11.8 Å². The molecule has 0 aromatic rings. The lowest BCUT2D eigenvalue weighted by Gasteiger charge is -2.28. The lowest BCUT2D eigenvalue weighted by molar-refractivity contribution is -0.0150. The molecule has 0 bridgehead atoms. The van der Waals surface area contributed by atoms with Crippen molar-refractivity contribution in [2.75, 3.05) is 7.11 Å². The number of hydrogen-bond acceptors (Lipinski definition) is 5. The fourth-order valence-electron chi connectivity index (χ4n) is 2.63. The maximum Gasteiger partial charge on any atom is 0.348 e. The molecule has 10 heteroatoms. The minimum atomic E-state index is -4.25. The molecule has 3 N–H and O–H groups in total. The first kappa shape index (κ1) is 20.4. The maximum absolute atomic E-state index is 11.0. The highest BCUT2D eigenvalue weighted by Crippen LogP contribution is 2.51. The minimum Gasteiger partial charge on any atom is -0.378 e. The molecule has 22 heavy (non-hydrogen) atoms. The average molecular weight is 374 g/mol. The van der Waals surface area contributed by atoms with Crippen LogP contribution < -0.4 is 0 Å². The number of hydrogen-bond donors (Lipinski definition) is 3. The van der Waals surface area contributed by atoms with Crippen molar-refractivity contribution < 1.29 is 33.0 Å². The molecule has 0 aromatic heterocycles. The van der Waals surface area contributed by atoms with E-state index in [1.54, 1.807) is 13.8 Å². The Morgan fingerprint density at radius 1 is 1.27 bits per heavy atom. The van der Waals surface area contributed by atoms with Crippen molar-refractivity contribution in [3.05, 3.63) is 11.9 Å². The highest BCUT2D eigenvalue weighted by Gasteiger charge is 2.44. The summed E-state index contributed by atoms with van der Waals surface area (Å²) in [5.41, 5.74) is 0. The Morgan fingerprint density at radius 3 is 2.32 bits per heavy atom. The van der Waals surface area contributed by atoms with Crippen LogP contribution in [0.4, 0.5) is 0 Å². The summed E-state index contributed by atoms with van der Waals surface area (Å²) in [5, 5.41) is 0. The number of methoxy groups -OCH3 is 1. The van der Waals surface area contributed by atoms with Gasteiger partial charge in [0.05, 0.1) is 18.3 Å². The van der Waals surface area contributed by atoms with Crippen molar-refractivity contribution in [2.45, 2.75) is 45.5 Å². The smallest absolute Gasteiger partial charge is 0.348 e. The van der Waals surface area contributed by atoms with E-state index >= 15 is 0 Å². The molecule has 1 unspecified atom stereocenters. The van der Waals surface area contributed by atoms with E-state index in [-0.39, 0.29) is 24.0 Å². The summed E-state index contributed by atoms with van der Waals surface area (Å²) in [6, 6.07) is 0. The Bertz CT molecular complexity index is 490. The predicted molar refractivity (Wildman–Crippen MR) is 86.8 cm³/mol. The van der Waals surface area contributed by atoms with E-state index < -0.39 is 20.4 Å². The highest BCUT2D eigenvalue weighted by molar-refractivity contribution is 8.07. The molecule has 7 nitrogen and oxygen atoms in total. The highest BCUT2D eigenvalue weighted by atomic mass is 32.5. The fraction of sp³-hybridized carbons (Fsp3) is 0.833. The third kappa shape index (κ3) is 6.48. The van der Waals surface area contributed by atoms with Crippen LogP contribution in [0.15, 0.2) is 11.9 Å². The monoisotopic (exact) mass is 374 g/mol. The summed E-state index contributed by atoms with van der Waals surface area (Å²) in [6.07, 6.45) is 0.774. The molecule has 0 aromatic carbocycles. The first-order valence-electron chi connectivity index (χ1n) is 6.92. The third-order valence-electron chi connectivity index (χ3n) is 3.35. The molecule has 1 saturated carbocycles. The lowest BCUT2D eigenvalue weighted by Crippen LogP contribution is -2.31. The van der Waals surface area contributed by atoms with Gasteiger partial charge in [0.2, 0.25) is 0 Å². The summed E-state index contributed by atoms with van der Waals surface area (Å²) in [5.74, 6) is 0.622. The summed E-state index contributed by atoms with van der Waals surface area (Å²) >= 11 is 5.00. The molecule has 0 heterocycles. The van der Waals surface area contributed by atoms with E-state index in [1.807, 2.05) is 6.92 Å². The van der Waals surface area contributed by atoms with Gasteiger partial charge in [0, 0.05) is 18.8 Å². The molecule has 1 rings (SSSR count). The number of rotatable bonds is 7. The van der Waals surface area contributed by atoms with Gasteiger partial charge in [-0.25, -0.2) is 0 Å². The zero-order chi connectivity index (χ0) is 17.1. The molecule has 0 spiro atoms. The first-order chi connectivity index (χ1) is 9.95. The standard InChI is InChI=1S/C12H24O7P2S/c1-8(2)18-21(16,22)19-12-10(5-6-20(13,14)15)7-9(3)11(12)17-4/h5-6,8-12H,7H2,1-4H3,(H,16,22)(H2,13,14,15)/b6-5+/t9-,10-,11-,12+,21?/m0/s1. The first-order valence-corrected chi connectivity index (χ1v) is 11.2. The summed E-state index contributed by atoms with van der Waals surface area (Å²) in [4.78, 5) is 28.1. The molecule has 0 aliphatic heterocycles. The van der Waals surface area contributed by atoms with Crippen molar-refractivity contribution in [3.8, 4) is 0 Å². The van der Waals surface area contributed by atoms with Gasteiger partial charge in [-0.15, -0.1) is 0 Å². The van der Waals surface area contributed by atoms with Crippen LogP contribution in [-0.2, 0) is 30.2 Å². The Kier molecular flexibility index (Phi) is 7.40. The van der Waals surface area contributed by atoms with Crippen molar-refractivity contribution >= 4 is 26.1 Å². The van der Waals surface area contributed by atoms with E-state index in [0.29, 0.717) is 6.42 Å². The van der Waals surface area contributed by atoms with Crippen molar-refractivity contribution in [1.29, 1.82) is 0 Å². The van der Waals surface area contributed by atoms with Crippen LogP contribution in [0, 0.1) is 11.8 Å². The molecule has 1 fully saturated rings. The average Bonchev–Trinajstić information content (AvgIpc) is 2.59. The van der Waals surface area contributed by atoms with Crippen LogP contribution in [0.2, 0.25) is 0 Å². The predicted octanol–water partition coefficient (Wildman–Crippen LogP) is 2.38. The van der Waals surface area contributed by atoms with Crippen molar-refractivity contribution in [3.63, 3.8) is 0 Å². The van der Waals surface area contributed by atoms with E-state index in [0.717, 1.165) is 5.82 Å². The largest absolute Gasteiger partial charge is 0.378 e. The quantitative estimate of drug-likeness (QED) is 0.584. The normalized spacial score (nSPS) is 32.7. The van der Waals surface area contributed by atoms with Gasteiger partial charge in [-0.2, -0.15) is 0 Å². The Balaban J connectivity index is 2.95. The van der Waals surface area contributed by atoms with Crippen molar-refractivity contribution in [1.82, 2.24) is 0 Å². The van der Waals surface area contributed by atoms with E-state index in [9.17, 15) is 9.46 Å². The second-order valence-corrected chi connectivity index (χ2v) is 9.92. The molecule has 0 radical (unpaired) electrons. The van der Waals surface area contributed by atoms with Crippen LogP contribution in [-0.4, -0.2) is 40.1 Å². The fourth-order valence-corrected chi connectivity index (χ4v) is 5.05. The molecule has 1 aliphatic rings. The zero-order valence-electron chi connectivity index (χ0n) is 13.0. The van der Waals surface area contributed by atoms with Gasteiger partial charge in [-0.1, -0.05) is 13.0 Å². The molecule has 0 amide bonds. The SMILES string of the molecule is CO[C@@H]1[C@H](OP(O)(=S)OC(C)C)[C@@H](/C=C/P(=O)(O)O)C[C@@H]1C. The van der Waals surface area contributed by atoms with Crippen LogP contribution in [0.5, 0.6) is 0 Å². The molecule has 1 aliphatic carbocycles. The van der Waals surface area contributed by atoms with Crippen LogP contribution in [0.3, 0.4) is 0 Å². The molecular weight excluding hydrogens is 350 g/mol. The number of ether oxygens (including phenoxy) is 1. The van der Waals surface area contributed by atoms with Crippen LogP contribution >= 0.6 is 14.3 Å². The van der Waals surface area contributed by atoms with Crippen LogP contribution in [0.1, 0.15) is 27.2 Å². The van der Waals surface area contributed by atoms with E-state index in [2.05, 4.69) is 0 Å². The van der Waals surface area contributed by atoms with E-state index in [4.69, 9.17) is 35.4 Å². The lowest BCUT2D eigenvalue weighted by atomic mass is 10.1. The summed E-state index contributed by atoms with van der Waals surface area (Å²) < 4.78 is 27.2. The Labute approximate surface area is 136 Å².